The van der Waals surface area contributed by atoms with Gasteiger partial charge in [0.2, 0.25) is 0 Å². The topological polar surface area (TPSA) is 29.9 Å². The molecule has 0 saturated heterocycles. The van der Waals surface area contributed by atoms with E-state index in [4.69, 9.17) is 0 Å². The molecule has 2 rings (SSSR count). The van der Waals surface area contributed by atoms with E-state index < -0.39 is 0 Å². The van der Waals surface area contributed by atoms with Gasteiger partial charge < -0.3 is 5.32 Å². The van der Waals surface area contributed by atoms with E-state index in [-0.39, 0.29) is 0 Å². The number of hydrogen-bond acceptors (Lipinski definition) is 2. The molecule has 3 nitrogen and oxygen atoms in total. The Balaban J connectivity index is 1.77. The van der Waals surface area contributed by atoms with Crippen molar-refractivity contribution >= 4 is 0 Å². The van der Waals surface area contributed by atoms with Crippen LogP contribution in [0, 0.1) is 5.92 Å². The van der Waals surface area contributed by atoms with Gasteiger partial charge in [-0.1, -0.05) is 19.3 Å². The smallest absolute Gasteiger partial charge is 0.0537 e. The molecule has 0 spiro atoms. The molecule has 1 aliphatic carbocycles. The first-order valence-corrected chi connectivity index (χ1v) is 7.05. The average Bonchev–Trinajstić information content (AvgIpc) is 2.86. The Bertz CT molecular complexity index is 326. The summed E-state index contributed by atoms with van der Waals surface area (Å²) in [6.07, 6.45) is 11.3. The Hall–Kier alpha value is -0.830. The maximum Gasteiger partial charge on any atom is 0.0537 e. The molecule has 1 atom stereocenters. The van der Waals surface area contributed by atoms with Gasteiger partial charge in [-0.05, 0) is 39.2 Å². The van der Waals surface area contributed by atoms with Gasteiger partial charge in [-0.2, -0.15) is 5.10 Å². The predicted octanol–water partition coefficient (Wildman–Crippen LogP) is 3.13. The summed E-state index contributed by atoms with van der Waals surface area (Å²) in [5, 5.41) is 7.98. The highest BCUT2D eigenvalue weighted by Crippen LogP contribution is 2.23. The highest BCUT2D eigenvalue weighted by atomic mass is 15.3. The molecule has 17 heavy (non-hydrogen) atoms. The van der Waals surface area contributed by atoms with Gasteiger partial charge in [0.25, 0.3) is 0 Å². The van der Waals surface area contributed by atoms with Crippen LogP contribution in [0.25, 0.3) is 0 Å². The molecule has 1 aromatic rings. The second-order valence-corrected chi connectivity index (χ2v) is 5.26. The number of nitrogens with one attached hydrogen (secondary N) is 1. The summed E-state index contributed by atoms with van der Waals surface area (Å²) in [5.41, 5.74) is 1.31. The summed E-state index contributed by atoms with van der Waals surface area (Å²) in [7, 11) is 0. The van der Waals surface area contributed by atoms with Gasteiger partial charge in [0, 0.05) is 24.3 Å². The SMILES string of the molecule is CCn1cc(C(C)NCC2CCCCC2)cn1. The van der Waals surface area contributed by atoms with Crippen molar-refractivity contribution < 1.29 is 0 Å². The second kappa shape index (κ2) is 6.20. The minimum atomic E-state index is 0.428. The van der Waals surface area contributed by atoms with Gasteiger partial charge in [0.15, 0.2) is 0 Å². The zero-order chi connectivity index (χ0) is 12.1. The van der Waals surface area contributed by atoms with Crippen LogP contribution in [0.15, 0.2) is 12.4 Å². The lowest BCUT2D eigenvalue weighted by atomic mass is 9.89. The zero-order valence-electron chi connectivity index (χ0n) is 11.2. The summed E-state index contributed by atoms with van der Waals surface area (Å²) in [5.74, 6) is 0.896. The molecule has 0 aromatic carbocycles. The molecule has 1 unspecified atom stereocenters. The van der Waals surface area contributed by atoms with Gasteiger partial charge in [-0.25, -0.2) is 0 Å². The minimum absolute atomic E-state index is 0.428. The Morgan fingerprint density at radius 2 is 2.18 bits per heavy atom. The fourth-order valence-electron chi connectivity index (χ4n) is 2.63. The van der Waals surface area contributed by atoms with Crippen molar-refractivity contribution in [2.24, 2.45) is 5.92 Å². The van der Waals surface area contributed by atoms with E-state index in [1.165, 1.54) is 44.2 Å². The first-order chi connectivity index (χ1) is 8.29. The minimum Gasteiger partial charge on any atom is -0.310 e. The third-order valence-electron chi connectivity index (χ3n) is 3.91. The molecule has 0 bridgehead atoms. The maximum absolute atomic E-state index is 4.33. The average molecular weight is 235 g/mol. The number of aryl methyl sites for hydroxylation is 1. The third-order valence-corrected chi connectivity index (χ3v) is 3.91. The van der Waals surface area contributed by atoms with E-state index in [0.29, 0.717) is 6.04 Å². The number of aromatic nitrogens is 2. The molecule has 0 amide bonds. The fraction of sp³-hybridized carbons (Fsp3) is 0.786. The van der Waals surface area contributed by atoms with Gasteiger partial charge in [-0.15, -0.1) is 0 Å². The van der Waals surface area contributed by atoms with Crippen LogP contribution in [0.5, 0.6) is 0 Å². The summed E-state index contributed by atoms with van der Waals surface area (Å²) >= 11 is 0. The van der Waals surface area contributed by atoms with Gasteiger partial charge in [-0.3, -0.25) is 4.68 Å². The van der Waals surface area contributed by atoms with Crippen molar-refractivity contribution in [3.63, 3.8) is 0 Å². The summed E-state index contributed by atoms with van der Waals surface area (Å²) < 4.78 is 1.99. The van der Waals surface area contributed by atoms with Crippen LogP contribution in [0.1, 0.15) is 57.6 Å². The highest BCUT2D eigenvalue weighted by molar-refractivity contribution is 5.09. The molecule has 1 fully saturated rings. The quantitative estimate of drug-likeness (QED) is 0.849. The number of hydrogen-bond donors (Lipinski definition) is 1. The van der Waals surface area contributed by atoms with Crippen molar-refractivity contribution in [1.29, 1.82) is 0 Å². The lowest BCUT2D eigenvalue weighted by Gasteiger charge is -2.23. The van der Waals surface area contributed by atoms with Crippen molar-refractivity contribution in [3.05, 3.63) is 18.0 Å². The van der Waals surface area contributed by atoms with Crippen molar-refractivity contribution in [1.82, 2.24) is 15.1 Å². The van der Waals surface area contributed by atoms with Crippen LogP contribution in [-0.2, 0) is 6.54 Å². The lowest BCUT2D eigenvalue weighted by molar-refractivity contribution is 0.331. The second-order valence-electron chi connectivity index (χ2n) is 5.26. The normalized spacial score (nSPS) is 19.4. The molecular weight excluding hydrogens is 210 g/mol. The van der Waals surface area contributed by atoms with Gasteiger partial charge in [0.1, 0.15) is 0 Å². The number of rotatable bonds is 5. The largest absolute Gasteiger partial charge is 0.310 e. The predicted molar refractivity (Wildman–Crippen MR) is 70.9 cm³/mol. The first kappa shape index (κ1) is 12.6. The molecule has 1 aromatic heterocycles. The molecule has 1 saturated carbocycles. The van der Waals surface area contributed by atoms with Gasteiger partial charge in [0.05, 0.1) is 6.20 Å². The number of nitrogens with zero attached hydrogens (tertiary/aromatic N) is 2. The maximum atomic E-state index is 4.33. The lowest BCUT2D eigenvalue weighted by Crippen LogP contribution is -2.26. The zero-order valence-corrected chi connectivity index (χ0v) is 11.2. The summed E-state index contributed by atoms with van der Waals surface area (Å²) in [6.45, 7) is 6.48. The molecule has 96 valence electrons. The standard InChI is InChI=1S/C14H25N3/c1-3-17-11-14(10-16-17)12(2)15-9-13-7-5-4-6-8-13/h10-13,15H,3-9H2,1-2H3. The van der Waals surface area contributed by atoms with E-state index in [1.54, 1.807) is 0 Å². The fourth-order valence-corrected chi connectivity index (χ4v) is 2.63. The Labute approximate surface area is 105 Å². The Kier molecular flexibility index (Phi) is 4.60. The van der Waals surface area contributed by atoms with E-state index in [0.717, 1.165) is 12.5 Å². The van der Waals surface area contributed by atoms with Gasteiger partial charge >= 0.3 is 0 Å². The van der Waals surface area contributed by atoms with Crippen molar-refractivity contribution in [2.75, 3.05) is 6.54 Å². The van der Waals surface area contributed by atoms with Crippen LogP contribution in [0.4, 0.5) is 0 Å². The van der Waals surface area contributed by atoms with E-state index in [9.17, 15) is 0 Å². The Morgan fingerprint density at radius 3 is 2.82 bits per heavy atom. The van der Waals surface area contributed by atoms with Crippen molar-refractivity contribution in [3.8, 4) is 0 Å². The molecule has 1 aliphatic rings. The molecule has 1 N–H and O–H groups in total. The third kappa shape index (κ3) is 3.56. The van der Waals surface area contributed by atoms with E-state index in [1.807, 2.05) is 10.9 Å². The molecule has 3 heteroatoms. The van der Waals surface area contributed by atoms with Crippen LogP contribution >= 0.6 is 0 Å². The molecular formula is C14H25N3. The summed E-state index contributed by atoms with van der Waals surface area (Å²) in [4.78, 5) is 0. The molecule has 0 radical (unpaired) electrons. The summed E-state index contributed by atoms with van der Waals surface area (Å²) in [6, 6.07) is 0.428. The van der Waals surface area contributed by atoms with Crippen molar-refractivity contribution in [2.45, 2.75) is 58.5 Å². The Morgan fingerprint density at radius 1 is 1.41 bits per heavy atom. The highest BCUT2D eigenvalue weighted by Gasteiger charge is 2.15. The van der Waals surface area contributed by atoms with Crippen LogP contribution < -0.4 is 5.32 Å². The van der Waals surface area contributed by atoms with Crippen LogP contribution in [0.2, 0.25) is 0 Å². The monoisotopic (exact) mass is 235 g/mol. The van der Waals surface area contributed by atoms with E-state index >= 15 is 0 Å². The molecule has 0 aliphatic heterocycles. The van der Waals surface area contributed by atoms with Crippen LogP contribution in [0.3, 0.4) is 0 Å². The van der Waals surface area contributed by atoms with Crippen LogP contribution in [-0.4, -0.2) is 16.3 Å². The van der Waals surface area contributed by atoms with E-state index in [2.05, 4.69) is 30.5 Å². The molecule has 1 heterocycles. The first-order valence-electron chi connectivity index (χ1n) is 7.05.